The Hall–Kier alpha value is -4.72. The number of halogens is 1. The van der Waals surface area contributed by atoms with E-state index in [9.17, 15) is 19.8 Å². The van der Waals surface area contributed by atoms with Gasteiger partial charge in [0.1, 0.15) is 25.3 Å². The number of carboxylic acids is 2. The summed E-state index contributed by atoms with van der Waals surface area (Å²) in [5.74, 6) is -0.0128. The van der Waals surface area contributed by atoms with Crippen molar-refractivity contribution in [2.24, 2.45) is 0 Å². The van der Waals surface area contributed by atoms with Crippen molar-refractivity contribution in [3.8, 4) is 34.6 Å². The molecule has 2 aromatic heterocycles. The molecule has 0 spiro atoms. The number of pyridine rings is 2. The molecule has 2 aliphatic heterocycles. The van der Waals surface area contributed by atoms with Crippen molar-refractivity contribution in [2.45, 2.75) is 65.1 Å². The SMILES string of the molecule is COc1nc(OCc2cccc(-c3cccc(COc4nc(OC)c(CN5CCC5C(=O)O)cc4Br)c3C)c2C)ccc1CN1CCC1C(=O)O. The second-order valence-corrected chi connectivity index (χ2v) is 13.6. The normalized spacial score (nSPS) is 17.3. The lowest BCUT2D eigenvalue weighted by atomic mass is 9.92. The Labute approximate surface area is 305 Å². The van der Waals surface area contributed by atoms with Gasteiger partial charge in [0.15, 0.2) is 0 Å². The van der Waals surface area contributed by atoms with Crippen LogP contribution in [0.2, 0.25) is 0 Å². The summed E-state index contributed by atoms with van der Waals surface area (Å²) in [6.45, 7) is 7.03. The molecule has 6 rings (SSSR count). The van der Waals surface area contributed by atoms with Crippen LogP contribution in [0.3, 0.4) is 0 Å². The minimum Gasteiger partial charge on any atom is -0.481 e. The maximum atomic E-state index is 11.5. The lowest BCUT2D eigenvalue weighted by Gasteiger charge is -2.38. The quantitative estimate of drug-likeness (QED) is 0.146. The number of carbonyl (C=O) groups is 2. The highest BCUT2D eigenvalue weighted by Gasteiger charge is 2.35. The van der Waals surface area contributed by atoms with Crippen LogP contribution in [0.4, 0.5) is 0 Å². The van der Waals surface area contributed by atoms with Crippen LogP contribution in [0.25, 0.3) is 11.1 Å². The van der Waals surface area contributed by atoms with E-state index in [4.69, 9.17) is 18.9 Å². The van der Waals surface area contributed by atoms with E-state index in [-0.39, 0.29) is 6.61 Å². The lowest BCUT2D eigenvalue weighted by molar-refractivity contribution is -0.149. The number of likely N-dealkylation sites (tertiary alicyclic amines) is 2. The zero-order valence-electron chi connectivity index (χ0n) is 29.0. The number of hydrogen-bond acceptors (Lipinski definition) is 10. The number of nitrogens with zero attached hydrogens (tertiary/aromatic N) is 4. The van der Waals surface area contributed by atoms with Gasteiger partial charge in [-0.1, -0.05) is 36.4 Å². The number of aliphatic carboxylic acids is 2. The van der Waals surface area contributed by atoms with Crippen molar-refractivity contribution in [1.29, 1.82) is 0 Å². The molecular weight excluding hydrogens is 720 g/mol. The predicted molar refractivity (Wildman–Crippen MR) is 192 cm³/mol. The predicted octanol–water partition coefficient (Wildman–Crippen LogP) is 6.02. The molecule has 0 saturated carbocycles. The lowest BCUT2D eigenvalue weighted by Crippen LogP contribution is -2.51. The number of rotatable bonds is 15. The first-order valence-corrected chi connectivity index (χ1v) is 17.5. The zero-order chi connectivity index (χ0) is 36.2. The van der Waals surface area contributed by atoms with Gasteiger partial charge in [0.25, 0.3) is 0 Å². The summed E-state index contributed by atoms with van der Waals surface area (Å²) in [5.41, 5.74) is 7.91. The first kappa shape index (κ1) is 36.1. The van der Waals surface area contributed by atoms with Crippen molar-refractivity contribution in [1.82, 2.24) is 19.8 Å². The van der Waals surface area contributed by atoms with Gasteiger partial charge in [-0.2, -0.15) is 9.97 Å². The minimum absolute atomic E-state index is 0.279. The summed E-state index contributed by atoms with van der Waals surface area (Å²) < 4.78 is 24.1. The molecule has 4 heterocycles. The van der Waals surface area contributed by atoms with Gasteiger partial charge in [-0.3, -0.25) is 19.4 Å². The molecule has 12 nitrogen and oxygen atoms in total. The van der Waals surface area contributed by atoms with Crippen LogP contribution in [-0.2, 0) is 35.9 Å². The van der Waals surface area contributed by atoms with E-state index in [0.717, 1.165) is 51.1 Å². The average Bonchev–Trinajstić information content (AvgIpc) is 3.08. The van der Waals surface area contributed by atoms with E-state index < -0.39 is 24.0 Å². The molecule has 2 N–H and O–H groups in total. The molecule has 0 amide bonds. The van der Waals surface area contributed by atoms with Gasteiger partial charge in [0, 0.05) is 43.4 Å². The van der Waals surface area contributed by atoms with Gasteiger partial charge in [-0.05, 0) is 88.1 Å². The zero-order valence-corrected chi connectivity index (χ0v) is 30.6. The number of ether oxygens (including phenoxy) is 4. The topological polar surface area (TPSA) is 144 Å². The third-order valence-corrected chi connectivity index (χ3v) is 10.4. The first-order valence-electron chi connectivity index (χ1n) is 16.7. The third kappa shape index (κ3) is 7.80. The Balaban J connectivity index is 1.13. The number of hydrogen-bond donors (Lipinski definition) is 2. The first-order chi connectivity index (χ1) is 24.6. The molecule has 2 aromatic carbocycles. The Morgan fingerprint density at radius 3 is 1.76 bits per heavy atom. The molecule has 2 atom stereocenters. The molecular formula is C38H41BrN4O8. The molecule has 4 aromatic rings. The molecule has 2 fully saturated rings. The van der Waals surface area contributed by atoms with Crippen LogP contribution in [0.1, 0.15) is 46.2 Å². The molecule has 0 radical (unpaired) electrons. The van der Waals surface area contributed by atoms with Crippen molar-refractivity contribution in [3.63, 3.8) is 0 Å². The van der Waals surface area contributed by atoms with Gasteiger partial charge in [-0.25, -0.2) is 0 Å². The average molecular weight is 762 g/mol. The van der Waals surface area contributed by atoms with Gasteiger partial charge < -0.3 is 29.2 Å². The smallest absolute Gasteiger partial charge is 0.320 e. The maximum absolute atomic E-state index is 11.5. The number of carboxylic acid groups (broad SMARTS) is 2. The van der Waals surface area contributed by atoms with Crippen LogP contribution in [0.5, 0.6) is 23.5 Å². The fourth-order valence-corrected chi connectivity index (χ4v) is 7.01. The van der Waals surface area contributed by atoms with E-state index >= 15 is 0 Å². The second-order valence-electron chi connectivity index (χ2n) is 12.7. The van der Waals surface area contributed by atoms with Crippen molar-refractivity contribution >= 4 is 27.9 Å². The number of benzene rings is 2. The van der Waals surface area contributed by atoms with Crippen molar-refractivity contribution in [3.05, 3.63) is 92.5 Å². The van der Waals surface area contributed by atoms with Gasteiger partial charge in [-0.15, -0.1) is 0 Å². The van der Waals surface area contributed by atoms with Gasteiger partial charge in [0.2, 0.25) is 23.5 Å². The standard InChI is InChI=1S/C38H41BrN4O8/c1-22-25(20-50-33-12-11-24(34(40-33)48-3)18-42-15-13-31(42)37(44)45)7-5-9-28(22)29-10-6-8-26(23(29)2)21-51-36-30(39)17-27(35(41-36)49-4)19-43-16-14-32(43)38(46)47/h5-12,17,31-32H,13-16,18-21H2,1-4H3,(H,44,45)(H,46,47). The van der Waals surface area contributed by atoms with Crippen molar-refractivity contribution in [2.75, 3.05) is 27.3 Å². The summed E-state index contributed by atoms with van der Waals surface area (Å²) in [6, 6.07) is 16.9. The Bertz CT molecular complexity index is 1940. The summed E-state index contributed by atoms with van der Waals surface area (Å²) in [5, 5.41) is 18.8. The Morgan fingerprint density at radius 1 is 0.725 bits per heavy atom. The Kier molecular flexibility index (Phi) is 11.1. The Morgan fingerprint density at radius 2 is 1.25 bits per heavy atom. The highest BCUT2D eigenvalue weighted by atomic mass is 79.9. The van der Waals surface area contributed by atoms with E-state index in [0.29, 0.717) is 67.1 Å². The van der Waals surface area contributed by atoms with E-state index in [1.54, 1.807) is 20.3 Å². The number of aromatic nitrogens is 2. The molecule has 51 heavy (non-hydrogen) atoms. The highest BCUT2D eigenvalue weighted by Crippen LogP contribution is 2.35. The summed E-state index contributed by atoms with van der Waals surface area (Å²) in [7, 11) is 3.09. The van der Waals surface area contributed by atoms with Crippen LogP contribution >= 0.6 is 15.9 Å². The third-order valence-electron chi connectivity index (χ3n) is 9.78. The second kappa shape index (κ2) is 15.7. The van der Waals surface area contributed by atoms with E-state index in [1.165, 1.54) is 0 Å². The fourth-order valence-electron chi connectivity index (χ4n) is 6.53. The van der Waals surface area contributed by atoms with Gasteiger partial charge in [0.05, 0.1) is 18.7 Å². The molecule has 2 saturated heterocycles. The largest absolute Gasteiger partial charge is 0.481 e. The molecule has 13 heteroatoms. The molecule has 0 bridgehead atoms. The highest BCUT2D eigenvalue weighted by molar-refractivity contribution is 9.10. The molecule has 0 aliphatic carbocycles. The van der Waals surface area contributed by atoms with Crippen LogP contribution in [-0.4, -0.2) is 81.3 Å². The van der Waals surface area contributed by atoms with Crippen LogP contribution < -0.4 is 18.9 Å². The van der Waals surface area contributed by atoms with E-state index in [1.807, 2.05) is 46.2 Å². The van der Waals surface area contributed by atoms with E-state index in [2.05, 4.69) is 51.9 Å². The number of methoxy groups -OCH3 is 2. The van der Waals surface area contributed by atoms with Gasteiger partial charge >= 0.3 is 11.9 Å². The summed E-state index contributed by atoms with van der Waals surface area (Å²) in [4.78, 5) is 35.8. The van der Waals surface area contributed by atoms with Crippen LogP contribution in [0.15, 0.2) is 59.1 Å². The minimum atomic E-state index is -0.821. The monoisotopic (exact) mass is 760 g/mol. The molecule has 2 aliphatic rings. The maximum Gasteiger partial charge on any atom is 0.320 e. The molecule has 2 unspecified atom stereocenters. The molecule has 268 valence electrons. The summed E-state index contributed by atoms with van der Waals surface area (Å²) >= 11 is 3.59. The summed E-state index contributed by atoms with van der Waals surface area (Å²) in [6.07, 6.45) is 1.27. The van der Waals surface area contributed by atoms with Crippen molar-refractivity contribution < 1.29 is 38.7 Å². The fraction of sp³-hybridized carbons (Fsp3) is 0.368. The van der Waals surface area contributed by atoms with Crippen LogP contribution in [0, 0.1) is 13.8 Å².